The van der Waals surface area contributed by atoms with Crippen molar-refractivity contribution in [2.45, 2.75) is 37.3 Å². The van der Waals surface area contributed by atoms with Crippen LogP contribution >= 0.6 is 11.6 Å². The van der Waals surface area contributed by atoms with E-state index in [1.54, 1.807) is 30.3 Å². The molecule has 1 aliphatic carbocycles. The third kappa shape index (κ3) is 5.73. The topological polar surface area (TPSA) is 51.2 Å². The van der Waals surface area contributed by atoms with Crippen LogP contribution < -0.4 is 10.1 Å². The van der Waals surface area contributed by atoms with E-state index in [4.69, 9.17) is 11.6 Å². The maximum Gasteiger partial charge on any atom is 0.461 e. The second-order valence-electron chi connectivity index (χ2n) is 8.33. The minimum Gasteiger partial charge on any atom is -0.428 e. The average Bonchev–Trinajstić information content (AvgIpc) is 3.64. The van der Waals surface area contributed by atoms with Crippen LogP contribution in [0.2, 0.25) is 5.02 Å². The molecule has 0 saturated heterocycles. The van der Waals surface area contributed by atoms with Gasteiger partial charge in [-0.2, -0.15) is 17.6 Å². The summed E-state index contributed by atoms with van der Waals surface area (Å²) in [6, 6.07) is 14.5. The Balaban J connectivity index is 1.90. The molecule has 10 heteroatoms. The van der Waals surface area contributed by atoms with Crippen molar-refractivity contribution in [3.05, 3.63) is 94.5 Å². The highest BCUT2D eigenvalue weighted by Crippen LogP contribution is 2.39. The number of carbonyl (C=O) groups is 1. The first-order chi connectivity index (χ1) is 16.6. The molecular formula is C25H20ClF5N2O2. The monoisotopic (exact) mass is 510 g/mol. The van der Waals surface area contributed by atoms with Crippen LogP contribution in [0.1, 0.15) is 29.7 Å². The molecule has 1 atom stereocenters. The van der Waals surface area contributed by atoms with Gasteiger partial charge in [0, 0.05) is 24.6 Å². The lowest BCUT2D eigenvalue weighted by atomic mass is 9.80. The summed E-state index contributed by atoms with van der Waals surface area (Å²) in [6.45, 7) is 0. The summed E-state index contributed by atoms with van der Waals surface area (Å²) in [5, 5.41) is 3.23. The van der Waals surface area contributed by atoms with Gasteiger partial charge in [-0.3, -0.25) is 9.78 Å². The van der Waals surface area contributed by atoms with Gasteiger partial charge in [0.1, 0.15) is 17.1 Å². The number of hydrogen-bond acceptors (Lipinski definition) is 3. The van der Waals surface area contributed by atoms with E-state index in [0.717, 1.165) is 12.1 Å². The van der Waals surface area contributed by atoms with Crippen LogP contribution in [0.3, 0.4) is 0 Å². The molecule has 0 spiro atoms. The number of nitrogens with one attached hydrogen (secondary N) is 1. The molecule has 4 nitrogen and oxygen atoms in total. The van der Waals surface area contributed by atoms with Crippen LogP contribution in [-0.4, -0.2) is 23.4 Å². The summed E-state index contributed by atoms with van der Waals surface area (Å²) < 4.78 is 71.6. The normalized spacial score (nSPS) is 15.5. The van der Waals surface area contributed by atoms with Gasteiger partial charge in [0.2, 0.25) is 5.91 Å². The summed E-state index contributed by atoms with van der Waals surface area (Å²) in [5.41, 5.74) is -0.599. The number of ether oxygens (including phenoxy) is 1. The van der Waals surface area contributed by atoms with Crippen LogP contribution in [0.25, 0.3) is 0 Å². The van der Waals surface area contributed by atoms with Gasteiger partial charge in [-0.05, 0) is 48.2 Å². The number of hydrogen-bond donors (Lipinski definition) is 1. The Hall–Kier alpha value is -3.20. The van der Waals surface area contributed by atoms with E-state index in [2.05, 4.69) is 15.0 Å². The molecule has 0 radical (unpaired) electrons. The van der Waals surface area contributed by atoms with E-state index in [1.807, 2.05) is 0 Å². The fourth-order valence-corrected chi connectivity index (χ4v) is 3.89. The highest BCUT2D eigenvalue weighted by atomic mass is 35.5. The van der Waals surface area contributed by atoms with Gasteiger partial charge in [-0.25, -0.2) is 4.39 Å². The molecule has 4 rings (SSSR count). The smallest absolute Gasteiger partial charge is 0.428 e. The summed E-state index contributed by atoms with van der Waals surface area (Å²) in [7, 11) is 0. The molecule has 1 N–H and O–H groups in total. The van der Waals surface area contributed by atoms with E-state index >= 15 is 0 Å². The number of amides is 1. The first kappa shape index (κ1) is 24.9. The van der Waals surface area contributed by atoms with Crippen LogP contribution in [0, 0.1) is 11.7 Å². The Morgan fingerprint density at radius 1 is 1.11 bits per heavy atom. The Kier molecular flexibility index (Phi) is 6.98. The molecule has 0 aliphatic heterocycles. The zero-order valence-electron chi connectivity index (χ0n) is 18.2. The van der Waals surface area contributed by atoms with E-state index in [1.165, 1.54) is 18.3 Å². The van der Waals surface area contributed by atoms with Crippen molar-refractivity contribution in [3.63, 3.8) is 0 Å². The Labute approximate surface area is 203 Å². The molecule has 35 heavy (non-hydrogen) atoms. The fourth-order valence-electron chi connectivity index (χ4n) is 3.78. The van der Waals surface area contributed by atoms with E-state index in [-0.39, 0.29) is 29.5 Å². The maximum atomic E-state index is 14.7. The van der Waals surface area contributed by atoms with Crippen LogP contribution in [0.4, 0.5) is 22.0 Å². The van der Waals surface area contributed by atoms with Gasteiger partial charge in [-0.1, -0.05) is 41.9 Å². The van der Waals surface area contributed by atoms with Crippen LogP contribution in [0.15, 0.2) is 66.9 Å². The first-order valence-corrected chi connectivity index (χ1v) is 11.1. The lowest BCUT2D eigenvalue weighted by Crippen LogP contribution is -2.49. The summed E-state index contributed by atoms with van der Waals surface area (Å²) in [6.07, 6.45) is -6.26. The number of benzene rings is 2. The number of rotatable bonds is 9. The number of alkyl halides is 4. The summed E-state index contributed by atoms with van der Waals surface area (Å²) in [5.74, 6) is -2.43. The zero-order valence-corrected chi connectivity index (χ0v) is 18.9. The average molecular weight is 511 g/mol. The summed E-state index contributed by atoms with van der Waals surface area (Å²) >= 11 is 6.00. The predicted molar refractivity (Wildman–Crippen MR) is 119 cm³/mol. The molecular weight excluding hydrogens is 491 g/mol. The zero-order chi connectivity index (χ0) is 25.2. The molecule has 1 amide bonds. The van der Waals surface area contributed by atoms with Gasteiger partial charge in [-0.15, -0.1) is 0 Å². The SMILES string of the molecule is O=C(N[C@@](Cc1ccccc1)(c1cc(F)cc(OC(F)(F)C(F)F)c1)c1ccc(Cl)cn1)C1CC1. The fraction of sp³-hybridized carbons (Fsp3) is 0.280. The predicted octanol–water partition coefficient (Wildman–Crippen LogP) is 6.12. The first-order valence-electron chi connectivity index (χ1n) is 10.7. The minimum atomic E-state index is -4.84. The van der Waals surface area contributed by atoms with Crippen molar-refractivity contribution in [2.75, 3.05) is 0 Å². The van der Waals surface area contributed by atoms with Crippen LogP contribution in [0.5, 0.6) is 5.75 Å². The van der Waals surface area contributed by atoms with Crippen molar-refractivity contribution < 1.29 is 31.5 Å². The van der Waals surface area contributed by atoms with Gasteiger partial charge in [0.05, 0.1) is 10.7 Å². The van der Waals surface area contributed by atoms with Crippen molar-refractivity contribution in [1.82, 2.24) is 10.3 Å². The second-order valence-corrected chi connectivity index (χ2v) is 8.77. The molecule has 1 aliphatic rings. The lowest BCUT2D eigenvalue weighted by molar-refractivity contribution is -0.253. The third-order valence-electron chi connectivity index (χ3n) is 5.63. The Morgan fingerprint density at radius 2 is 1.83 bits per heavy atom. The van der Waals surface area contributed by atoms with Gasteiger partial charge in [0.25, 0.3) is 0 Å². The molecule has 1 fully saturated rings. The molecule has 0 unspecified atom stereocenters. The maximum absolute atomic E-state index is 14.7. The quantitative estimate of drug-likeness (QED) is 0.353. The van der Waals surface area contributed by atoms with Gasteiger partial charge < -0.3 is 10.1 Å². The van der Waals surface area contributed by atoms with Gasteiger partial charge >= 0.3 is 12.5 Å². The second kappa shape index (κ2) is 9.81. The number of halogens is 6. The number of nitrogens with zero attached hydrogens (tertiary/aromatic N) is 1. The van der Waals surface area contributed by atoms with Crippen molar-refractivity contribution >= 4 is 17.5 Å². The number of pyridine rings is 1. The van der Waals surface area contributed by atoms with Crippen molar-refractivity contribution in [3.8, 4) is 5.75 Å². The van der Waals surface area contributed by atoms with E-state index in [0.29, 0.717) is 29.5 Å². The number of aromatic nitrogens is 1. The van der Waals surface area contributed by atoms with E-state index < -0.39 is 29.6 Å². The van der Waals surface area contributed by atoms with Gasteiger partial charge in [0.15, 0.2) is 0 Å². The highest BCUT2D eigenvalue weighted by molar-refractivity contribution is 6.30. The Morgan fingerprint density at radius 3 is 2.43 bits per heavy atom. The Bertz CT molecular complexity index is 1190. The number of carbonyl (C=O) groups excluding carboxylic acids is 1. The largest absolute Gasteiger partial charge is 0.461 e. The lowest BCUT2D eigenvalue weighted by Gasteiger charge is -2.36. The van der Waals surface area contributed by atoms with E-state index in [9.17, 15) is 26.7 Å². The molecule has 1 heterocycles. The standard InChI is InChI=1S/C25H20ClF5N2O2/c26-18-8-9-21(32-14-18)24(33-22(34)16-6-7-16,13-15-4-2-1-3-5-15)17-10-19(27)12-20(11-17)35-25(30,31)23(28)29/h1-5,8-12,14,16,23H,6-7,13H2,(H,33,34)/t24-/m0/s1. The highest BCUT2D eigenvalue weighted by Gasteiger charge is 2.45. The van der Waals surface area contributed by atoms with Crippen LogP contribution in [-0.2, 0) is 16.8 Å². The molecule has 1 saturated carbocycles. The summed E-state index contributed by atoms with van der Waals surface area (Å²) in [4.78, 5) is 17.3. The molecule has 1 aromatic heterocycles. The van der Waals surface area contributed by atoms with Crippen molar-refractivity contribution in [1.29, 1.82) is 0 Å². The van der Waals surface area contributed by atoms with Crippen molar-refractivity contribution in [2.24, 2.45) is 5.92 Å². The minimum absolute atomic E-state index is 0.00904. The molecule has 2 aromatic carbocycles. The molecule has 0 bridgehead atoms. The molecule has 184 valence electrons. The molecule has 3 aromatic rings. The third-order valence-corrected chi connectivity index (χ3v) is 5.86.